The van der Waals surface area contributed by atoms with Gasteiger partial charge in [0.2, 0.25) is 0 Å². The van der Waals surface area contributed by atoms with Crippen LogP contribution in [0.4, 0.5) is 10.1 Å². The van der Waals surface area contributed by atoms with Crippen LogP contribution in [0.3, 0.4) is 0 Å². The molecule has 0 spiro atoms. The molecule has 29 heavy (non-hydrogen) atoms. The van der Waals surface area contributed by atoms with E-state index < -0.39 is 0 Å². The van der Waals surface area contributed by atoms with Crippen LogP contribution in [0.1, 0.15) is 48.7 Å². The Morgan fingerprint density at radius 1 is 1.03 bits per heavy atom. The number of halogens is 1. The first-order chi connectivity index (χ1) is 13.8. The average Bonchev–Trinajstić information content (AvgIpc) is 2.71. The summed E-state index contributed by atoms with van der Waals surface area (Å²) in [6, 6.07) is 21.0. The Morgan fingerprint density at radius 3 is 2.38 bits per heavy atom. The highest BCUT2D eigenvalue weighted by Gasteiger charge is 2.33. The van der Waals surface area contributed by atoms with Gasteiger partial charge in [-0.05, 0) is 65.3 Å². The lowest BCUT2D eigenvalue weighted by molar-refractivity contribution is 0.101. The van der Waals surface area contributed by atoms with Crippen LogP contribution in [-0.2, 0) is 12.0 Å². The quantitative estimate of drug-likeness (QED) is 0.484. The van der Waals surface area contributed by atoms with Gasteiger partial charge in [-0.3, -0.25) is 4.79 Å². The van der Waals surface area contributed by atoms with Crippen molar-refractivity contribution < 1.29 is 9.18 Å². The highest BCUT2D eigenvalue weighted by atomic mass is 19.1. The molecule has 0 saturated carbocycles. The normalized spacial score (nSPS) is 15.1. The molecule has 0 radical (unpaired) electrons. The number of hydrogen-bond donors (Lipinski definition) is 0. The highest BCUT2D eigenvalue weighted by molar-refractivity contribution is 6.02. The van der Waals surface area contributed by atoms with E-state index in [0.717, 1.165) is 36.3 Å². The lowest BCUT2D eigenvalue weighted by atomic mass is 9.75. The molecule has 148 valence electrons. The second-order valence-corrected chi connectivity index (χ2v) is 8.52. The zero-order valence-corrected chi connectivity index (χ0v) is 17.2. The smallest absolute Gasteiger partial charge is 0.160 e. The summed E-state index contributed by atoms with van der Waals surface area (Å²) in [4.78, 5) is 14.9. The number of nitrogens with zero attached hydrogens (tertiary/aromatic N) is 1. The van der Waals surface area contributed by atoms with E-state index in [4.69, 9.17) is 0 Å². The summed E-state index contributed by atoms with van der Waals surface area (Å²) in [6.45, 7) is 7.88. The molecule has 0 fully saturated rings. The number of anilines is 1. The number of rotatable bonds is 4. The lowest BCUT2D eigenvalue weighted by Crippen LogP contribution is -2.37. The van der Waals surface area contributed by atoms with Gasteiger partial charge in [0.15, 0.2) is 5.78 Å². The average molecular weight is 387 g/mol. The summed E-state index contributed by atoms with van der Waals surface area (Å²) in [6.07, 6.45) is 1.04. The minimum atomic E-state index is -0.273. The second kappa shape index (κ2) is 7.47. The van der Waals surface area contributed by atoms with Gasteiger partial charge in [0.25, 0.3) is 0 Å². The Labute approximate surface area is 172 Å². The topological polar surface area (TPSA) is 20.3 Å². The Bertz CT molecular complexity index is 1040. The minimum absolute atomic E-state index is 0.00657. The third-order valence-corrected chi connectivity index (χ3v) is 5.96. The fraction of sp³-hybridized carbons (Fsp3) is 0.269. The van der Waals surface area contributed by atoms with Crippen molar-refractivity contribution in [1.29, 1.82) is 0 Å². The number of ketones is 1. The van der Waals surface area contributed by atoms with Gasteiger partial charge in [-0.2, -0.15) is 0 Å². The van der Waals surface area contributed by atoms with Crippen LogP contribution in [0.2, 0.25) is 0 Å². The maximum atomic E-state index is 13.4. The van der Waals surface area contributed by atoms with Crippen LogP contribution in [0.5, 0.6) is 0 Å². The van der Waals surface area contributed by atoms with Crippen LogP contribution in [0.15, 0.2) is 66.7 Å². The fourth-order valence-corrected chi connectivity index (χ4v) is 4.19. The maximum Gasteiger partial charge on any atom is 0.160 e. The maximum absolute atomic E-state index is 13.4. The van der Waals surface area contributed by atoms with Crippen LogP contribution in [0, 0.1) is 5.82 Å². The first-order valence-corrected chi connectivity index (χ1v) is 10.1. The fourth-order valence-electron chi connectivity index (χ4n) is 4.19. The summed E-state index contributed by atoms with van der Waals surface area (Å²) in [5.41, 5.74) is 6.06. The number of carbonyl (C=O) groups excluding carboxylic acids is 1. The van der Waals surface area contributed by atoms with Crippen molar-refractivity contribution in [2.75, 3.05) is 11.4 Å². The van der Waals surface area contributed by atoms with Crippen LogP contribution >= 0.6 is 0 Å². The number of Topliss-reactive ketones (excluding diaryl/α,β-unsaturated/α-hetero) is 1. The first kappa shape index (κ1) is 19.4. The van der Waals surface area contributed by atoms with E-state index in [1.807, 2.05) is 12.1 Å². The molecular formula is C26H26FNO. The number of fused-ring (bicyclic) bond motifs is 1. The molecule has 4 rings (SSSR count). The number of hydrogen-bond acceptors (Lipinski definition) is 2. The molecule has 0 atom stereocenters. The highest BCUT2D eigenvalue weighted by Crippen LogP contribution is 2.43. The molecule has 1 aliphatic heterocycles. The summed E-state index contributed by atoms with van der Waals surface area (Å²) in [7, 11) is 0. The third kappa shape index (κ3) is 3.82. The van der Waals surface area contributed by atoms with Gasteiger partial charge >= 0.3 is 0 Å². The number of carbonyl (C=O) groups is 1. The van der Waals surface area contributed by atoms with Crippen molar-refractivity contribution in [3.05, 3.63) is 89.2 Å². The Balaban J connectivity index is 1.85. The van der Waals surface area contributed by atoms with Crippen molar-refractivity contribution in [2.45, 2.75) is 39.2 Å². The van der Waals surface area contributed by atoms with E-state index in [9.17, 15) is 9.18 Å². The Kier molecular flexibility index (Phi) is 4.99. The molecule has 3 heteroatoms. The third-order valence-electron chi connectivity index (χ3n) is 5.96. The molecule has 0 saturated heterocycles. The molecule has 0 aliphatic carbocycles. The first-order valence-electron chi connectivity index (χ1n) is 10.1. The van der Waals surface area contributed by atoms with E-state index in [-0.39, 0.29) is 17.0 Å². The Hall–Kier alpha value is -2.94. The van der Waals surface area contributed by atoms with E-state index in [2.05, 4.69) is 49.1 Å². The molecule has 0 amide bonds. The van der Waals surface area contributed by atoms with Crippen molar-refractivity contribution in [3.8, 4) is 11.1 Å². The van der Waals surface area contributed by atoms with Gasteiger partial charge in [0.05, 0.1) is 0 Å². The van der Waals surface area contributed by atoms with Crippen LogP contribution < -0.4 is 4.90 Å². The van der Waals surface area contributed by atoms with Crippen molar-refractivity contribution in [2.24, 2.45) is 0 Å². The minimum Gasteiger partial charge on any atom is -0.367 e. The van der Waals surface area contributed by atoms with E-state index in [0.29, 0.717) is 5.56 Å². The van der Waals surface area contributed by atoms with Crippen molar-refractivity contribution in [1.82, 2.24) is 0 Å². The predicted molar refractivity (Wildman–Crippen MR) is 117 cm³/mol. The summed E-state index contributed by atoms with van der Waals surface area (Å²) >= 11 is 0. The van der Waals surface area contributed by atoms with E-state index >= 15 is 0 Å². The molecule has 0 aromatic heterocycles. The lowest BCUT2D eigenvalue weighted by Gasteiger charge is -2.41. The molecule has 1 aliphatic rings. The molecule has 2 nitrogen and oxygen atoms in total. The summed E-state index contributed by atoms with van der Waals surface area (Å²) < 4.78 is 13.4. The van der Waals surface area contributed by atoms with Crippen molar-refractivity contribution >= 4 is 11.5 Å². The van der Waals surface area contributed by atoms with Crippen molar-refractivity contribution in [3.63, 3.8) is 0 Å². The largest absolute Gasteiger partial charge is 0.367 e. The predicted octanol–water partition coefficient (Wildman–Crippen LogP) is 6.38. The SMILES string of the molecule is CC(=O)c1cc2c(cc1-c1ccc(F)cc1)C(C)(C)CCN2Cc1ccccc1. The summed E-state index contributed by atoms with van der Waals surface area (Å²) in [5.74, 6) is -0.249. The molecule has 1 heterocycles. The molecule has 3 aromatic rings. The molecular weight excluding hydrogens is 361 g/mol. The van der Waals surface area contributed by atoms with Gasteiger partial charge in [-0.15, -0.1) is 0 Å². The van der Waals surface area contributed by atoms with Crippen LogP contribution in [0.25, 0.3) is 11.1 Å². The molecule has 0 bridgehead atoms. The Morgan fingerprint density at radius 2 is 1.72 bits per heavy atom. The standard InChI is InChI=1S/C26H26FNO/c1-18(29)22-16-25-24(15-23(22)20-9-11-21(27)12-10-20)26(2,3)13-14-28(25)17-19-7-5-4-6-8-19/h4-12,15-16H,13-14,17H2,1-3H3. The van der Waals surface area contributed by atoms with Gasteiger partial charge in [-0.25, -0.2) is 4.39 Å². The van der Waals surface area contributed by atoms with Gasteiger partial charge < -0.3 is 4.90 Å². The zero-order valence-electron chi connectivity index (χ0n) is 17.2. The summed E-state index contributed by atoms with van der Waals surface area (Å²) in [5, 5.41) is 0. The van der Waals surface area contributed by atoms with Crippen LogP contribution in [-0.4, -0.2) is 12.3 Å². The van der Waals surface area contributed by atoms with E-state index in [1.165, 1.54) is 23.3 Å². The second-order valence-electron chi connectivity index (χ2n) is 8.52. The molecule has 3 aromatic carbocycles. The van der Waals surface area contributed by atoms with Gasteiger partial charge in [0.1, 0.15) is 5.82 Å². The molecule has 0 unspecified atom stereocenters. The zero-order chi connectivity index (χ0) is 20.6. The van der Waals surface area contributed by atoms with Gasteiger partial charge in [0, 0.05) is 24.3 Å². The van der Waals surface area contributed by atoms with E-state index in [1.54, 1.807) is 19.1 Å². The van der Waals surface area contributed by atoms with Gasteiger partial charge in [-0.1, -0.05) is 56.3 Å². The molecule has 0 N–H and O–H groups in total. The monoisotopic (exact) mass is 387 g/mol. The number of benzene rings is 3.